The van der Waals surface area contributed by atoms with E-state index in [4.69, 9.17) is 11.6 Å². The van der Waals surface area contributed by atoms with E-state index in [1.807, 2.05) is 0 Å². The van der Waals surface area contributed by atoms with Crippen molar-refractivity contribution in [3.63, 3.8) is 0 Å². The average Bonchev–Trinajstić information content (AvgIpc) is 2.14. The molecule has 17 heavy (non-hydrogen) atoms. The summed E-state index contributed by atoms with van der Waals surface area (Å²) in [6.45, 7) is 3.59. The molecule has 0 spiro atoms. The lowest BCUT2D eigenvalue weighted by molar-refractivity contribution is -0.137. The first-order valence-electron chi connectivity index (χ1n) is 5.09. The Morgan fingerprint density at radius 3 is 2.29 bits per heavy atom. The molecular weight excluding hydrogens is 253 g/mol. The van der Waals surface area contributed by atoms with Crippen molar-refractivity contribution in [2.75, 3.05) is 0 Å². The van der Waals surface area contributed by atoms with Crippen LogP contribution < -0.4 is 0 Å². The molecule has 94 valence electrons. The fraction of sp³-hybridized carbons (Fsp3) is 0.417. The van der Waals surface area contributed by atoms with Crippen LogP contribution in [0.4, 0.5) is 13.2 Å². The third-order valence-corrected chi connectivity index (χ3v) is 2.49. The van der Waals surface area contributed by atoms with Crippen LogP contribution in [0.1, 0.15) is 36.5 Å². The van der Waals surface area contributed by atoms with Crippen LogP contribution >= 0.6 is 11.6 Å². The summed E-state index contributed by atoms with van der Waals surface area (Å²) in [7, 11) is 0. The largest absolute Gasteiger partial charge is 0.416 e. The summed E-state index contributed by atoms with van der Waals surface area (Å²) in [5, 5.41) is -0.668. The van der Waals surface area contributed by atoms with E-state index in [2.05, 4.69) is 0 Å². The lowest BCUT2D eigenvalue weighted by Crippen LogP contribution is -2.08. The summed E-state index contributed by atoms with van der Waals surface area (Å²) in [6, 6.07) is 3.65. The first-order valence-corrected chi connectivity index (χ1v) is 5.47. The molecule has 1 aromatic rings. The van der Waals surface area contributed by atoms with E-state index in [0.717, 1.165) is 12.1 Å². The third-order valence-electron chi connectivity index (χ3n) is 2.35. The van der Waals surface area contributed by atoms with Gasteiger partial charge >= 0.3 is 6.18 Å². The van der Waals surface area contributed by atoms with Gasteiger partial charge in [0.15, 0.2) is 0 Å². The van der Waals surface area contributed by atoms with Gasteiger partial charge in [-0.15, -0.1) is 0 Å². The predicted octanol–water partition coefficient (Wildman–Crippen LogP) is 4.14. The van der Waals surface area contributed by atoms with Crippen LogP contribution in [0, 0.1) is 0 Å². The van der Waals surface area contributed by atoms with Crippen molar-refractivity contribution in [1.29, 1.82) is 0 Å². The van der Waals surface area contributed by atoms with Crippen LogP contribution in [-0.2, 0) is 17.4 Å². The number of halogens is 4. The molecule has 5 heteroatoms. The molecule has 0 aliphatic heterocycles. The molecule has 0 atom stereocenters. The Kier molecular flexibility index (Phi) is 4.20. The Morgan fingerprint density at radius 1 is 1.29 bits per heavy atom. The van der Waals surface area contributed by atoms with Gasteiger partial charge in [-0.2, -0.15) is 13.2 Å². The van der Waals surface area contributed by atoms with Gasteiger partial charge in [0.25, 0.3) is 0 Å². The molecular formula is C12H12ClF3O. The Labute approximate surface area is 103 Å². The fourth-order valence-electron chi connectivity index (χ4n) is 1.48. The standard InChI is InChI=1S/C12H12ClF3O/c1-7(2)9-3-8(5-11(13)17)4-10(6-9)12(14,15)16/h3-4,6-7H,5H2,1-2H3. The number of rotatable bonds is 3. The van der Waals surface area contributed by atoms with Crippen LogP contribution in [-0.4, -0.2) is 5.24 Å². The van der Waals surface area contributed by atoms with Gasteiger partial charge in [-0.25, -0.2) is 0 Å². The van der Waals surface area contributed by atoms with Gasteiger partial charge in [0.1, 0.15) is 0 Å². The molecule has 0 N–H and O–H groups in total. The molecule has 0 aliphatic rings. The van der Waals surface area contributed by atoms with Crippen molar-refractivity contribution in [1.82, 2.24) is 0 Å². The minimum absolute atomic E-state index is 0.0403. The lowest BCUT2D eigenvalue weighted by Gasteiger charge is -2.13. The summed E-state index contributed by atoms with van der Waals surface area (Å²) >= 11 is 5.19. The SMILES string of the molecule is CC(C)c1cc(CC(=O)Cl)cc(C(F)(F)F)c1. The van der Waals surface area contributed by atoms with Gasteiger partial charge in [-0.3, -0.25) is 4.79 Å². The van der Waals surface area contributed by atoms with E-state index < -0.39 is 17.0 Å². The van der Waals surface area contributed by atoms with Gasteiger partial charge in [-0.1, -0.05) is 19.9 Å². The van der Waals surface area contributed by atoms with E-state index >= 15 is 0 Å². The van der Waals surface area contributed by atoms with Gasteiger partial charge in [-0.05, 0) is 40.8 Å². The second-order valence-corrected chi connectivity index (χ2v) is 4.57. The van der Waals surface area contributed by atoms with E-state index in [1.165, 1.54) is 0 Å². The maximum absolute atomic E-state index is 12.6. The molecule has 1 rings (SSSR count). The van der Waals surface area contributed by atoms with Gasteiger partial charge in [0, 0.05) is 6.42 Å². The highest BCUT2D eigenvalue weighted by Crippen LogP contribution is 2.32. The molecule has 0 aromatic heterocycles. The summed E-state index contributed by atoms with van der Waals surface area (Å²) in [5.41, 5.74) is 0.105. The highest BCUT2D eigenvalue weighted by atomic mass is 35.5. The lowest BCUT2D eigenvalue weighted by atomic mass is 9.96. The Bertz CT molecular complexity index is 424. The smallest absolute Gasteiger partial charge is 0.281 e. The van der Waals surface area contributed by atoms with Crippen molar-refractivity contribution >= 4 is 16.8 Å². The minimum Gasteiger partial charge on any atom is -0.281 e. The summed E-state index contributed by atoms with van der Waals surface area (Å²) in [6.07, 6.45) is -4.60. The second kappa shape index (κ2) is 5.08. The molecule has 0 saturated heterocycles. The van der Waals surface area contributed by atoms with E-state index in [9.17, 15) is 18.0 Å². The van der Waals surface area contributed by atoms with Crippen LogP contribution in [0.3, 0.4) is 0 Å². The summed E-state index contributed by atoms with van der Waals surface area (Å²) in [4.78, 5) is 10.7. The van der Waals surface area contributed by atoms with Crippen molar-refractivity contribution in [3.05, 3.63) is 34.9 Å². The molecule has 0 aliphatic carbocycles. The maximum Gasteiger partial charge on any atom is 0.416 e. The highest BCUT2D eigenvalue weighted by molar-refractivity contribution is 6.63. The molecule has 0 bridgehead atoms. The number of carbonyl (C=O) groups excluding carboxylic acids is 1. The Morgan fingerprint density at radius 2 is 1.88 bits per heavy atom. The van der Waals surface area contributed by atoms with Crippen molar-refractivity contribution < 1.29 is 18.0 Å². The number of alkyl halides is 3. The molecule has 0 unspecified atom stereocenters. The van der Waals surface area contributed by atoms with Crippen LogP contribution in [0.25, 0.3) is 0 Å². The molecule has 1 nitrogen and oxygen atoms in total. The first-order chi connectivity index (χ1) is 7.70. The van der Waals surface area contributed by atoms with Gasteiger partial charge in [0.05, 0.1) is 5.56 Å². The monoisotopic (exact) mass is 264 g/mol. The molecule has 1 aromatic carbocycles. The molecule has 0 saturated carbocycles. The quantitative estimate of drug-likeness (QED) is 0.750. The zero-order chi connectivity index (χ0) is 13.2. The molecule has 0 radical (unpaired) electrons. The van der Waals surface area contributed by atoms with Crippen molar-refractivity contribution in [3.8, 4) is 0 Å². The van der Waals surface area contributed by atoms with E-state index in [1.54, 1.807) is 19.9 Å². The van der Waals surface area contributed by atoms with Gasteiger partial charge < -0.3 is 0 Å². The Hall–Kier alpha value is -1.03. The normalized spacial score (nSPS) is 11.9. The fourth-order valence-corrected chi connectivity index (χ4v) is 1.63. The number of hydrogen-bond donors (Lipinski definition) is 0. The summed E-state index contributed by atoms with van der Waals surface area (Å²) < 4.78 is 37.9. The number of carbonyl (C=O) groups is 1. The maximum atomic E-state index is 12.6. The topological polar surface area (TPSA) is 17.1 Å². The van der Waals surface area contributed by atoms with Crippen molar-refractivity contribution in [2.45, 2.75) is 32.4 Å². The zero-order valence-corrected chi connectivity index (χ0v) is 10.2. The molecule has 0 heterocycles. The average molecular weight is 265 g/mol. The third kappa shape index (κ3) is 4.04. The highest BCUT2D eigenvalue weighted by Gasteiger charge is 2.31. The van der Waals surface area contributed by atoms with Crippen LogP contribution in [0.15, 0.2) is 18.2 Å². The molecule has 0 amide bonds. The zero-order valence-electron chi connectivity index (χ0n) is 9.44. The van der Waals surface area contributed by atoms with Crippen LogP contribution in [0.5, 0.6) is 0 Å². The number of benzene rings is 1. The Balaban J connectivity index is 3.23. The second-order valence-electron chi connectivity index (χ2n) is 4.15. The minimum atomic E-state index is -4.41. The van der Waals surface area contributed by atoms with Gasteiger partial charge in [0.2, 0.25) is 5.24 Å². The summed E-state index contributed by atoms with van der Waals surface area (Å²) in [5.74, 6) is -0.0403. The van der Waals surface area contributed by atoms with E-state index in [-0.39, 0.29) is 12.3 Å². The van der Waals surface area contributed by atoms with Crippen LogP contribution in [0.2, 0.25) is 0 Å². The first kappa shape index (κ1) is 14.0. The predicted molar refractivity (Wildman–Crippen MR) is 60.1 cm³/mol. The number of hydrogen-bond acceptors (Lipinski definition) is 1. The van der Waals surface area contributed by atoms with E-state index in [0.29, 0.717) is 11.1 Å². The molecule has 0 fully saturated rings. The van der Waals surface area contributed by atoms with Crippen molar-refractivity contribution in [2.24, 2.45) is 0 Å².